The molecule has 124 valence electrons. The number of hydrogen-bond acceptors (Lipinski definition) is 3. The van der Waals surface area contributed by atoms with E-state index < -0.39 is 5.91 Å². The van der Waals surface area contributed by atoms with Gasteiger partial charge in [0.1, 0.15) is 5.84 Å². The number of halogens is 2. The van der Waals surface area contributed by atoms with Crippen molar-refractivity contribution in [2.75, 3.05) is 0 Å². The maximum Gasteiger partial charge on any atom is 0.314 e. The molecule has 1 aromatic heterocycles. The number of furan rings is 1. The predicted octanol–water partition coefficient (Wildman–Crippen LogP) is 4.49. The molecule has 0 fully saturated rings. The lowest BCUT2D eigenvalue weighted by atomic mass is 10.1. The van der Waals surface area contributed by atoms with Crippen LogP contribution in [-0.2, 0) is 6.54 Å². The van der Waals surface area contributed by atoms with Gasteiger partial charge < -0.3 is 9.32 Å². The van der Waals surface area contributed by atoms with E-state index in [9.17, 15) is 4.79 Å². The van der Waals surface area contributed by atoms with Gasteiger partial charge in [-0.05, 0) is 45.8 Å². The molecule has 0 unspecified atom stereocenters. The Labute approximate surface area is 157 Å². The number of amides is 1. The van der Waals surface area contributed by atoms with Crippen LogP contribution in [0.25, 0.3) is 0 Å². The van der Waals surface area contributed by atoms with Crippen molar-refractivity contribution in [3.63, 3.8) is 0 Å². The molecule has 0 radical (unpaired) electrons. The van der Waals surface area contributed by atoms with Crippen molar-refractivity contribution in [1.29, 1.82) is 0 Å². The highest BCUT2D eigenvalue weighted by molar-refractivity contribution is 9.10. The summed E-state index contributed by atoms with van der Waals surface area (Å²) >= 11 is 9.28. The van der Waals surface area contributed by atoms with Gasteiger partial charge >= 0.3 is 5.91 Å². The molecule has 1 aromatic carbocycles. The summed E-state index contributed by atoms with van der Waals surface area (Å²) < 4.78 is 5.76. The normalized spacial score (nSPS) is 17.5. The smallest absolute Gasteiger partial charge is 0.314 e. The summed E-state index contributed by atoms with van der Waals surface area (Å²) in [5, 5.41) is 0.619. The van der Waals surface area contributed by atoms with Gasteiger partial charge in [0.05, 0.1) is 5.03 Å². The molecular weight excluding hydrogens is 406 g/mol. The Kier molecular flexibility index (Phi) is 4.15. The number of hydrogen-bond donors (Lipinski definition) is 0. The number of carbonyl (C=O) groups is 1. The second-order valence-electron chi connectivity index (χ2n) is 5.45. The molecule has 5 nitrogen and oxygen atoms in total. The first-order valence-corrected chi connectivity index (χ1v) is 8.64. The summed E-state index contributed by atoms with van der Waals surface area (Å²) in [6, 6.07) is 10.9. The second-order valence-corrected chi connectivity index (χ2v) is 6.66. The SMILES string of the molecule is O=C(N=C1N=C2C=CC(Cl)=CN2Cc2ccccc21)c1ccc(Br)o1. The highest BCUT2D eigenvalue weighted by atomic mass is 79.9. The highest BCUT2D eigenvalue weighted by Gasteiger charge is 2.22. The Morgan fingerprint density at radius 2 is 2.08 bits per heavy atom. The molecule has 25 heavy (non-hydrogen) atoms. The van der Waals surface area contributed by atoms with Crippen LogP contribution in [-0.4, -0.2) is 22.5 Å². The lowest BCUT2D eigenvalue weighted by Gasteiger charge is -2.21. The zero-order valence-corrected chi connectivity index (χ0v) is 15.2. The number of allylic oxidation sites excluding steroid dienone is 2. The summed E-state index contributed by atoms with van der Waals surface area (Å²) in [5.41, 5.74) is 1.81. The van der Waals surface area contributed by atoms with Crippen molar-refractivity contribution in [3.05, 3.63) is 81.3 Å². The van der Waals surface area contributed by atoms with Crippen molar-refractivity contribution in [2.24, 2.45) is 9.98 Å². The first-order valence-electron chi connectivity index (χ1n) is 7.47. The molecule has 1 amide bonds. The van der Waals surface area contributed by atoms with E-state index in [2.05, 4.69) is 25.9 Å². The van der Waals surface area contributed by atoms with Crippen molar-refractivity contribution in [3.8, 4) is 0 Å². The molecular formula is C18H11BrClN3O2. The molecule has 0 atom stereocenters. The van der Waals surface area contributed by atoms with Crippen LogP contribution in [0, 0.1) is 0 Å². The molecule has 0 saturated heterocycles. The van der Waals surface area contributed by atoms with Crippen LogP contribution >= 0.6 is 27.5 Å². The summed E-state index contributed by atoms with van der Waals surface area (Å²) in [7, 11) is 0. The fourth-order valence-electron chi connectivity index (χ4n) is 2.63. The first kappa shape index (κ1) is 16.1. The van der Waals surface area contributed by atoms with Crippen LogP contribution in [0.3, 0.4) is 0 Å². The van der Waals surface area contributed by atoms with Crippen LogP contribution in [0.2, 0.25) is 0 Å². The number of amidine groups is 2. The Morgan fingerprint density at radius 3 is 2.88 bits per heavy atom. The Bertz CT molecular complexity index is 988. The van der Waals surface area contributed by atoms with E-state index in [0.717, 1.165) is 11.1 Å². The minimum atomic E-state index is -0.485. The van der Waals surface area contributed by atoms with Gasteiger partial charge in [0, 0.05) is 18.3 Å². The zero-order chi connectivity index (χ0) is 17.4. The predicted molar refractivity (Wildman–Crippen MR) is 99.8 cm³/mol. The second kappa shape index (κ2) is 6.46. The summed E-state index contributed by atoms with van der Waals surface area (Å²) in [4.78, 5) is 23.1. The van der Waals surface area contributed by atoms with Crippen molar-refractivity contribution >= 4 is 45.1 Å². The fraction of sp³-hybridized carbons (Fsp3) is 0.0556. The average Bonchev–Trinajstić information content (AvgIpc) is 2.97. The van der Waals surface area contributed by atoms with E-state index in [-0.39, 0.29) is 5.76 Å². The zero-order valence-electron chi connectivity index (χ0n) is 12.8. The third-order valence-corrected chi connectivity index (χ3v) is 4.43. The van der Waals surface area contributed by atoms with Gasteiger partial charge in [0.25, 0.3) is 0 Å². The Balaban J connectivity index is 1.82. The van der Waals surface area contributed by atoms with Gasteiger partial charge in [0.15, 0.2) is 16.3 Å². The lowest BCUT2D eigenvalue weighted by Crippen LogP contribution is -2.25. The Morgan fingerprint density at radius 1 is 1.24 bits per heavy atom. The monoisotopic (exact) mass is 415 g/mol. The molecule has 3 heterocycles. The van der Waals surface area contributed by atoms with E-state index in [4.69, 9.17) is 16.0 Å². The van der Waals surface area contributed by atoms with E-state index in [0.29, 0.717) is 27.9 Å². The minimum absolute atomic E-state index is 0.153. The average molecular weight is 417 g/mol. The minimum Gasteiger partial charge on any atom is -0.444 e. The maximum atomic E-state index is 12.4. The van der Waals surface area contributed by atoms with Gasteiger partial charge in [-0.2, -0.15) is 4.99 Å². The third kappa shape index (κ3) is 3.23. The number of benzene rings is 1. The standard InChI is InChI=1S/C18H11BrClN3O2/c19-15-7-6-14(25-15)18(24)22-17-13-4-2-1-3-11(13)9-23-10-12(20)5-8-16(23)21-17/h1-8,10H,9H2. The molecule has 4 rings (SSSR count). The van der Waals surface area contributed by atoms with Crippen LogP contribution in [0.4, 0.5) is 0 Å². The van der Waals surface area contributed by atoms with Crippen LogP contribution < -0.4 is 0 Å². The van der Waals surface area contributed by atoms with Crippen molar-refractivity contribution in [1.82, 2.24) is 4.90 Å². The molecule has 7 heteroatoms. The van der Waals surface area contributed by atoms with Gasteiger partial charge in [0.2, 0.25) is 0 Å². The van der Waals surface area contributed by atoms with E-state index in [1.165, 1.54) is 0 Å². The molecule has 2 aliphatic heterocycles. The lowest BCUT2D eigenvalue weighted by molar-refractivity contribution is 0.0975. The topological polar surface area (TPSA) is 58.2 Å². The highest BCUT2D eigenvalue weighted by Crippen LogP contribution is 2.23. The molecule has 2 aromatic rings. The number of rotatable bonds is 1. The largest absolute Gasteiger partial charge is 0.444 e. The van der Waals surface area contributed by atoms with E-state index in [1.54, 1.807) is 24.3 Å². The molecule has 0 N–H and O–H groups in total. The van der Waals surface area contributed by atoms with Crippen molar-refractivity contribution in [2.45, 2.75) is 6.54 Å². The summed E-state index contributed by atoms with van der Waals surface area (Å²) in [6.07, 6.45) is 5.37. The van der Waals surface area contributed by atoms with E-state index >= 15 is 0 Å². The Hall–Kier alpha value is -2.44. The molecule has 0 saturated carbocycles. The maximum absolute atomic E-state index is 12.4. The third-order valence-electron chi connectivity index (χ3n) is 3.78. The molecule has 0 bridgehead atoms. The number of carbonyl (C=O) groups excluding carboxylic acids is 1. The summed E-state index contributed by atoms with van der Waals surface area (Å²) in [5.74, 6) is 0.691. The van der Waals surface area contributed by atoms with Crippen LogP contribution in [0.1, 0.15) is 21.7 Å². The number of nitrogens with zero attached hydrogens (tertiary/aromatic N) is 3. The molecule has 0 spiro atoms. The fourth-order valence-corrected chi connectivity index (χ4v) is 3.12. The molecule has 2 aliphatic rings. The molecule has 0 aliphatic carbocycles. The van der Waals surface area contributed by atoms with E-state index in [1.807, 2.05) is 35.4 Å². The van der Waals surface area contributed by atoms with Crippen LogP contribution in [0.15, 0.2) is 78.9 Å². The van der Waals surface area contributed by atoms with Gasteiger partial charge in [-0.3, -0.25) is 4.79 Å². The summed E-state index contributed by atoms with van der Waals surface area (Å²) in [6.45, 7) is 0.592. The van der Waals surface area contributed by atoms with Gasteiger partial charge in [-0.15, -0.1) is 0 Å². The number of fused-ring (bicyclic) bond motifs is 2. The first-order chi connectivity index (χ1) is 12.1. The van der Waals surface area contributed by atoms with Crippen molar-refractivity contribution < 1.29 is 9.21 Å². The van der Waals surface area contributed by atoms with Gasteiger partial charge in [-0.1, -0.05) is 35.9 Å². The van der Waals surface area contributed by atoms with Gasteiger partial charge in [-0.25, -0.2) is 4.99 Å². The van der Waals surface area contributed by atoms with Crippen LogP contribution in [0.5, 0.6) is 0 Å². The quantitative estimate of drug-likeness (QED) is 0.688. The number of aliphatic imine (C=N–C) groups is 2.